The summed E-state index contributed by atoms with van der Waals surface area (Å²) in [6.45, 7) is 7.22. The summed E-state index contributed by atoms with van der Waals surface area (Å²) in [5.41, 5.74) is 2.02. The molecule has 0 spiro atoms. The van der Waals surface area contributed by atoms with Crippen molar-refractivity contribution in [3.05, 3.63) is 57.2 Å². The Hall–Kier alpha value is -2.19. The van der Waals surface area contributed by atoms with Crippen LogP contribution in [0.2, 0.25) is 10.0 Å². The molecule has 32 heavy (non-hydrogen) atoms. The first-order chi connectivity index (χ1) is 15.4. The maximum Gasteiger partial charge on any atom is 0.246 e. The van der Waals surface area contributed by atoms with Crippen molar-refractivity contribution in [2.24, 2.45) is 5.92 Å². The minimum Gasteiger partial charge on any atom is -0.340 e. The van der Waals surface area contributed by atoms with Crippen LogP contribution in [0.25, 0.3) is 10.2 Å². The molecule has 2 aromatic heterocycles. The fourth-order valence-electron chi connectivity index (χ4n) is 3.64. The van der Waals surface area contributed by atoms with Gasteiger partial charge in [-0.15, -0.1) is 11.3 Å². The van der Waals surface area contributed by atoms with E-state index in [2.05, 4.69) is 34.4 Å². The highest BCUT2D eigenvalue weighted by molar-refractivity contribution is 7.19. The Morgan fingerprint density at radius 1 is 1.28 bits per heavy atom. The number of carbonyl (C=O) groups excluding carboxylic acids is 1. The van der Waals surface area contributed by atoms with Gasteiger partial charge in [0.15, 0.2) is 0 Å². The van der Waals surface area contributed by atoms with Crippen LogP contribution in [0.15, 0.2) is 36.7 Å². The van der Waals surface area contributed by atoms with Gasteiger partial charge < -0.3 is 15.5 Å². The molecular formula is C23H25Cl2N5OS. The molecular weight excluding hydrogens is 465 g/mol. The summed E-state index contributed by atoms with van der Waals surface area (Å²) in [6, 6.07) is 5.40. The number of carbonyl (C=O) groups is 1. The number of nitrogens with one attached hydrogen (secondary N) is 2. The van der Waals surface area contributed by atoms with Gasteiger partial charge >= 0.3 is 0 Å². The van der Waals surface area contributed by atoms with Crippen molar-refractivity contribution >= 4 is 62.2 Å². The van der Waals surface area contributed by atoms with Crippen LogP contribution in [0, 0.1) is 5.92 Å². The van der Waals surface area contributed by atoms with Crippen LogP contribution >= 0.6 is 34.5 Å². The van der Waals surface area contributed by atoms with E-state index in [1.54, 1.807) is 35.9 Å². The first-order valence-electron chi connectivity index (χ1n) is 10.6. The first kappa shape index (κ1) is 23.0. The van der Waals surface area contributed by atoms with E-state index in [0.717, 1.165) is 39.6 Å². The predicted octanol–water partition coefficient (Wildman–Crippen LogP) is 5.43. The predicted molar refractivity (Wildman–Crippen MR) is 133 cm³/mol. The molecule has 168 valence electrons. The summed E-state index contributed by atoms with van der Waals surface area (Å²) in [5.74, 6) is 1.37. The topological polar surface area (TPSA) is 70.2 Å². The number of hydrogen-bond donors (Lipinski definition) is 2. The third kappa shape index (κ3) is 5.23. The lowest BCUT2D eigenvalue weighted by molar-refractivity contribution is -0.126. The van der Waals surface area contributed by atoms with Crippen LogP contribution < -0.4 is 10.6 Å². The van der Waals surface area contributed by atoms with Crippen molar-refractivity contribution in [2.45, 2.75) is 26.8 Å². The highest BCUT2D eigenvalue weighted by atomic mass is 35.5. The third-order valence-corrected chi connectivity index (χ3v) is 7.07. The zero-order chi connectivity index (χ0) is 22.7. The number of nitrogens with zero attached hydrogens (tertiary/aromatic N) is 3. The molecule has 0 radical (unpaired) electrons. The molecule has 0 saturated heterocycles. The summed E-state index contributed by atoms with van der Waals surface area (Å²) in [5, 5.41) is 8.66. The Kier molecular flexibility index (Phi) is 7.30. The minimum atomic E-state index is 0.0414. The van der Waals surface area contributed by atoms with Gasteiger partial charge in [0, 0.05) is 29.7 Å². The molecule has 6 nitrogen and oxygen atoms in total. The van der Waals surface area contributed by atoms with Gasteiger partial charge in [0.25, 0.3) is 0 Å². The molecule has 1 aliphatic heterocycles. The second-order valence-electron chi connectivity index (χ2n) is 8.12. The molecule has 4 rings (SSSR count). The number of anilines is 2. The highest BCUT2D eigenvalue weighted by Crippen LogP contribution is 2.38. The van der Waals surface area contributed by atoms with Gasteiger partial charge in [-0.3, -0.25) is 4.79 Å². The standard InChI is InChI=1S/C23H25Cl2N5OS/c1-14(2)11-26-8-3-4-20(31)30-9-7-16-19(12-30)32-23-21(16)22(27-13-28-23)29-15-5-6-17(24)18(25)10-15/h3-6,10,13-14,26H,7-9,11-12H2,1-2H3,(H,27,28,29). The Balaban J connectivity index is 1.50. The maximum absolute atomic E-state index is 12.6. The second-order valence-corrected chi connectivity index (χ2v) is 10.0. The first-order valence-corrected chi connectivity index (χ1v) is 12.1. The van der Waals surface area contributed by atoms with Crippen molar-refractivity contribution in [1.29, 1.82) is 0 Å². The van der Waals surface area contributed by atoms with Crippen LogP contribution in [-0.2, 0) is 17.8 Å². The van der Waals surface area contributed by atoms with Gasteiger partial charge in [-0.2, -0.15) is 0 Å². The Morgan fingerprint density at radius 2 is 2.12 bits per heavy atom. The number of halogens is 2. The van der Waals surface area contributed by atoms with Crippen molar-refractivity contribution < 1.29 is 4.79 Å². The number of rotatable bonds is 7. The Labute approximate surface area is 201 Å². The SMILES string of the molecule is CC(C)CNCC=CC(=O)N1CCc2c(sc3ncnc(Nc4ccc(Cl)c(Cl)c4)c23)C1. The van der Waals surface area contributed by atoms with E-state index in [0.29, 0.717) is 35.6 Å². The summed E-state index contributed by atoms with van der Waals surface area (Å²) in [7, 11) is 0. The fourth-order valence-corrected chi connectivity index (χ4v) is 5.14. The van der Waals surface area contributed by atoms with Crippen molar-refractivity contribution in [1.82, 2.24) is 20.2 Å². The number of aromatic nitrogens is 2. The van der Waals surface area contributed by atoms with Crippen molar-refractivity contribution in [3.8, 4) is 0 Å². The Morgan fingerprint density at radius 3 is 2.91 bits per heavy atom. The molecule has 1 aliphatic rings. The average Bonchev–Trinajstić information content (AvgIpc) is 3.14. The Bertz CT molecular complexity index is 1160. The second kappa shape index (κ2) is 10.2. The number of hydrogen-bond acceptors (Lipinski definition) is 6. The van der Waals surface area contributed by atoms with Crippen molar-refractivity contribution in [3.63, 3.8) is 0 Å². The summed E-state index contributed by atoms with van der Waals surface area (Å²) in [4.78, 5) is 25.5. The monoisotopic (exact) mass is 489 g/mol. The minimum absolute atomic E-state index is 0.0414. The van der Waals surface area contributed by atoms with Gasteiger partial charge in [0.2, 0.25) is 5.91 Å². The van der Waals surface area contributed by atoms with E-state index in [-0.39, 0.29) is 5.91 Å². The summed E-state index contributed by atoms with van der Waals surface area (Å²) >= 11 is 13.8. The van der Waals surface area contributed by atoms with Crippen LogP contribution in [-0.4, -0.2) is 40.4 Å². The van der Waals surface area contributed by atoms with E-state index in [9.17, 15) is 4.79 Å². The van der Waals surface area contributed by atoms with E-state index in [4.69, 9.17) is 23.2 Å². The molecule has 0 bridgehead atoms. The smallest absolute Gasteiger partial charge is 0.246 e. The number of fused-ring (bicyclic) bond motifs is 3. The largest absolute Gasteiger partial charge is 0.340 e. The van der Waals surface area contributed by atoms with Crippen molar-refractivity contribution in [2.75, 3.05) is 25.0 Å². The molecule has 0 atom stereocenters. The summed E-state index contributed by atoms with van der Waals surface area (Å²) in [6.07, 6.45) is 5.89. The summed E-state index contributed by atoms with van der Waals surface area (Å²) < 4.78 is 0. The van der Waals surface area contributed by atoms with Crippen LogP contribution in [0.4, 0.5) is 11.5 Å². The van der Waals surface area contributed by atoms with Gasteiger partial charge in [0.1, 0.15) is 17.0 Å². The zero-order valence-corrected chi connectivity index (χ0v) is 20.3. The lowest BCUT2D eigenvalue weighted by Gasteiger charge is -2.26. The van der Waals surface area contributed by atoms with Gasteiger partial charge in [-0.1, -0.05) is 43.1 Å². The van der Waals surface area contributed by atoms with Gasteiger partial charge in [-0.05, 0) is 42.6 Å². The molecule has 0 saturated carbocycles. The van der Waals surface area contributed by atoms with E-state index in [1.807, 2.05) is 17.0 Å². The zero-order valence-electron chi connectivity index (χ0n) is 18.0. The van der Waals surface area contributed by atoms with Gasteiger partial charge in [-0.25, -0.2) is 9.97 Å². The molecule has 1 amide bonds. The fraction of sp³-hybridized carbons (Fsp3) is 0.348. The van der Waals surface area contributed by atoms with E-state index < -0.39 is 0 Å². The molecule has 3 heterocycles. The lowest BCUT2D eigenvalue weighted by Crippen LogP contribution is -2.34. The highest BCUT2D eigenvalue weighted by Gasteiger charge is 2.25. The number of thiophene rings is 1. The maximum atomic E-state index is 12.6. The molecule has 3 aromatic rings. The average molecular weight is 490 g/mol. The number of benzene rings is 1. The van der Waals surface area contributed by atoms with Crippen LogP contribution in [0.3, 0.4) is 0 Å². The van der Waals surface area contributed by atoms with Gasteiger partial charge in [0.05, 0.1) is 22.0 Å². The van der Waals surface area contributed by atoms with Crippen LogP contribution in [0.5, 0.6) is 0 Å². The molecule has 9 heteroatoms. The molecule has 0 fully saturated rings. The molecule has 2 N–H and O–H groups in total. The lowest BCUT2D eigenvalue weighted by atomic mass is 10.0. The third-order valence-electron chi connectivity index (χ3n) is 5.21. The number of amides is 1. The quantitative estimate of drug-likeness (QED) is 0.342. The normalized spacial score (nSPS) is 13.8. The molecule has 0 unspecified atom stereocenters. The van der Waals surface area contributed by atoms with E-state index in [1.165, 1.54) is 5.56 Å². The molecule has 1 aromatic carbocycles. The van der Waals surface area contributed by atoms with Crippen LogP contribution in [0.1, 0.15) is 24.3 Å². The van der Waals surface area contributed by atoms with E-state index >= 15 is 0 Å². The molecule has 0 aliphatic carbocycles.